The van der Waals surface area contributed by atoms with E-state index in [9.17, 15) is 39.6 Å². The highest BCUT2D eigenvalue weighted by atomic mass is 35.5. The van der Waals surface area contributed by atoms with Gasteiger partial charge >= 0.3 is 23.9 Å². The summed E-state index contributed by atoms with van der Waals surface area (Å²) in [7, 11) is 0. The smallest absolute Gasteiger partial charge is 0.335 e. The van der Waals surface area contributed by atoms with Crippen molar-refractivity contribution in [3.05, 3.63) is 77.4 Å². The van der Waals surface area contributed by atoms with E-state index in [0.717, 1.165) is 12.1 Å². The Hall–Kier alpha value is -4.18. The van der Waals surface area contributed by atoms with Crippen molar-refractivity contribution in [2.75, 3.05) is 0 Å². The molecule has 0 amide bonds. The lowest BCUT2D eigenvalue weighted by Crippen LogP contribution is -3.00. The predicted octanol–water partition coefficient (Wildman–Crippen LogP) is -1.45. The van der Waals surface area contributed by atoms with Crippen molar-refractivity contribution < 1.29 is 56.6 Å². The molecule has 0 aliphatic rings. The molecule has 0 saturated heterocycles. The van der Waals surface area contributed by atoms with Crippen LogP contribution >= 0.6 is 0 Å². The normalized spacial score (nSPS) is 10.1. The lowest BCUT2D eigenvalue weighted by molar-refractivity contribution is -0.594. The van der Waals surface area contributed by atoms with Crippen molar-refractivity contribution in [3.63, 3.8) is 0 Å². The van der Waals surface area contributed by atoms with Gasteiger partial charge in [-0.1, -0.05) is 0 Å². The molecule has 3 rings (SSSR count). The molecule has 0 aliphatic heterocycles. The molecule has 4 N–H and O–H groups in total. The SMILES string of the molecule is O=C(O)c1cc(C(=O)O)cc(-n2cc[n+](-c3cc(C(=O)O)cc(C(=O)O)c3)c2)c1.[Cl-]. The predicted molar refractivity (Wildman–Crippen MR) is 95.1 cm³/mol. The Kier molecular flexibility index (Phi) is 6.23. The first-order valence-electron chi connectivity index (χ1n) is 7.99. The van der Waals surface area contributed by atoms with Gasteiger partial charge in [0, 0.05) is 0 Å². The zero-order chi connectivity index (χ0) is 21.3. The fraction of sp³-hybridized carbons (Fsp3) is 0. The summed E-state index contributed by atoms with van der Waals surface area (Å²) in [6, 6.07) is 7.15. The lowest BCUT2D eigenvalue weighted by atomic mass is 10.1. The Labute approximate surface area is 174 Å². The Morgan fingerprint density at radius 3 is 1.47 bits per heavy atom. The Balaban J connectivity index is 0.00000320. The number of carbonyl (C=O) groups is 4. The van der Waals surface area contributed by atoms with Gasteiger partial charge in [0.15, 0.2) is 0 Å². The summed E-state index contributed by atoms with van der Waals surface area (Å²) in [5, 5.41) is 36.8. The first kappa shape index (κ1) is 22.1. The molecule has 0 bridgehead atoms. The maximum Gasteiger partial charge on any atom is 0.335 e. The molecule has 11 heteroatoms. The third-order valence-electron chi connectivity index (χ3n) is 4.06. The molecule has 2 aromatic carbocycles. The van der Waals surface area contributed by atoms with E-state index in [2.05, 4.69) is 0 Å². The van der Waals surface area contributed by atoms with Gasteiger partial charge in [-0.2, -0.15) is 0 Å². The third-order valence-corrected chi connectivity index (χ3v) is 4.06. The molecule has 0 fully saturated rings. The van der Waals surface area contributed by atoms with E-state index in [-0.39, 0.29) is 46.0 Å². The topological polar surface area (TPSA) is 158 Å². The molecule has 10 nitrogen and oxygen atoms in total. The average Bonchev–Trinajstić information content (AvgIpc) is 3.17. The zero-order valence-corrected chi connectivity index (χ0v) is 15.6. The number of imidazole rings is 1. The summed E-state index contributed by atoms with van der Waals surface area (Å²) in [4.78, 5) is 45.1. The molecule has 0 atom stereocenters. The molecule has 0 spiro atoms. The van der Waals surface area contributed by atoms with E-state index in [1.807, 2.05) is 0 Å². The zero-order valence-electron chi connectivity index (χ0n) is 14.9. The highest BCUT2D eigenvalue weighted by Crippen LogP contribution is 2.16. The second-order valence-electron chi connectivity index (χ2n) is 5.99. The molecule has 3 aromatic rings. The van der Waals surface area contributed by atoms with Crippen LogP contribution in [-0.2, 0) is 0 Å². The van der Waals surface area contributed by atoms with Crippen molar-refractivity contribution >= 4 is 23.9 Å². The van der Waals surface area contributed by atoms with E-state index >= 15 is 0 Å². The number of aromatic nitrogens is 2. The fourth-order valence-corrected chi connectivity index (χ4v) is 2.67. The van der Waals surface area contributed by atoms with Crippen LogP contribution in [0.15, 0.2) is 55.1 Å². The summed E-state index contributed by atoms with van der Waals surface area (Å²) in [6.07, 6.45) is 4.40. The van der Waals surface area contributed by atoms with Crippen LogP contribution in [0.4, 0.5) is 0 Å². The Morgan fingerprint density at radius 2 is 1.07 bits per heavy atom. The van der Waals surface area contributed by atoms with Crippen LogP contribution in [0.3, 0.4) is 0 Å². The molecule has 0 saturated carbocycles. The van der Waals surface area contributed by atoms with E-state index in [1.165, 1.54) is 52.1 Å². The van der Waals surface area contributed by atoms with Crippen LogP contribution in [0.2, 0.25) is 0 Å². The number of rotatable bonds is 6. The van der Waals surface area contributed by atoms with E-state index < -0.39 is 23.9 Å². The van der Waals surface area contributed by atoms with Crippen molar-refractivity contribution in [2.24, 2.45) is 0 Å². The number of carboxylic acid groups (broad SMARTS) is 4. The molecular formula is C19H13ClN2O8. The molecule has 154 valence electrons. The number of halogens is 1. The van der Waals surface area contributed by atoms with Gasteiger partial charge in [-0.05, 0) is 36.4 Å². The van der Waals surface area contributed by atoms with Crippen molar-refractivity contribution in [2.45, 2.75) is 0 Å². The quantitative estimate of drug-likeness (QED) is 0.344. The number of nitrogens with zero attached hydrogens (tertiary/aromatic N) is 2. The molecule has 30 heavy (non-hydrogen) atoms. The van der Waals surface area contributed by atoms with Gasteiger partial charge in [-0.15, -0.1) is 0 Å². The summed E-state index contributed by atoms with van der Waals surface area (Å²) in [5.74, 6) is -5.19. The Bertz CT molecular complexity index is 1030. The van der Waals surface area contributed by atoms with Crippen LogP contribution in [0.5, 0.6) is 0 Å². The number of aromatic carboxylic acids is 4. The minimum atomic E-state index is -1.30. The first-order valence-corrected chi connectivity index (χ1v) is 7.99. The molecule has 1 heterocycles. The monoisotopic (exact) mass is 432 g/mol. The number of hydrogen-bond acceptors (Lipinski definition) is 4. The second kappa shape index (κ2) is 8.45. The maximum atomic E-state index is 11.3. The van der Waals surface area contributed by atoms with Gasteiger partial charge in [-0.25, -0.2) is 28.3 Å². The van der Waals surface area contributed by atoms with Gasteiger partial charge in [0.1, 0.15) is 23.8 Å². The van der Waals surface area contributed by atoms with Crippen molar-refractivity contribution in [3.8, 4) is 11.4 Å². The van der Waals surface area contributed by atoms with Crippen LogP contribution in [0.1, 0.15) is 41.4 Å². The van der Waals surface area contributed by atoms with Crippen LogP contribution < -0.4 is 17.0 Å². The highest BCUT2D eigenvalue weighted by molar-refractivity contribution is 5.95. The number of hydrogen-bond donors (Lipinski definition) is 4. The van der Waals surface area contributed by atoms with Crippen LogP contribution in [-0.4, -0.2) is 48.9 Å². The summed E-state index contributed by atoms with van der Waals surface area (Å²) in [5.41, 5.74) is -0.396. The van der Waals surface area contributed by atoms with Crippen LogP contribution in [0.25, 0.3) is 11.4 Å². The Morgan fingerprint density at radius 1 is 0.667 bits per heavy atom. The summed E-state index contributed by atoms with van der Waals surface area (Å²) in [6.45, 7) is 0. The maximum absolute atomic E-state index is 11.3. The third kappa shape index (κ3) is 4.45. The van der Waals surface area contributed by atoms with E-state index in [4.69, 9.17) is 0 Å². The molecule has 0 aliphatic carbocycles. The second-order valence-corrected chi connectivity index (χ2v) is 5.99. The highest BCUT2D eigenvalue weighted by Gasteiger charge is 2.18. The minimum absolute atomic E-state index is 0. The van der Waals surface area contributed by atoms with E-state index in [0.29, 0.717) is 0 Å². The molecule has 0 radical (unpaired) electrons. The minimum Gasteiger partial charge on any atom is -1.00 e. The molecular weight excluding hydrogens is 420 g/mol. The van der Waals surface area contributed by atoms with Crippen LogP contribution in [0, 0.1) is 0 Å². The fourth-order valence-electron chi connectivity index (χ4n) is 2.67. The van der Waals surface area contributed by atoms with Gasteiger partial charge in [-0.3, -0.25) is 0 Å². The van der Waals surface area contributed by atoms with Crippen molar-refractivity contribution in [1.82, 2.24) is 4.57 Å². The lowest BCUT2D eigenvalue weighted by Gasteiger charge is -2.03. The van der Waals surface area contributed by atoms with Gasteiger partial charge in [0.2, 0.25) is 0 Å². The molecule has 0 unspecified atom stereocenters. The number of benzene rings is 2. The molecule has 1 aromatic heterocycles. The average molecular weight is 433 g/mol. The number of carboxylic acids is 4. The van der Waals surface area contributed by atoms with Gasteiger partial charge in [0.25, 0.3) is 6.33 Å². The summed E-state index contributed by atoms with van der Waals surface area (Å²) < 4.78 is 2.85. The van der Waals surface area contributed by atoms with Crippen molar-refractivity contribution in [1.29, 1.82) is 0 Å². The standard InChI is InChI=1S/C19H12N2O8.ClH/c22-16(23)10-3-11(17(24)25)6-14(5-10)20-1-2-21(9-20)15-7-12(18(26)27)4-13(8-15)19(28)29;/h1-9H,(H3-,22,23,24,25,26,27,28,29);1H. The largest absolute Gasteiger partial charge is 1.00 e. The van der Waals surface area contributed by atoms with Gasteiger partial charge in [0.05, 0.1) is 22.3 Å². The van der Waals surface area contributed by atoms with E-state index in [1.54, 1.807) is 0 Å². The van der Waals surface area contributed by atoms with Gasteiger partial charge < -0.3 is 32.8 Å². The first-order chi connectivity index (χ1) is 13.7. The summed E-state index contributed by atoms with van der Waals surface area (Å²) >= 11 is 0.